The molecular weight excluding hydrogens is 310 g/mol. The van der Waals surface area contributed by atoms with Gasteiger partial charge in [-0.2, -0.15) is 0 Å². The van der Waals surface area contributed by atoms with E-state index < -0.39 is 11.6 Å². The van der Waals surface area contributed by atoms with Crippen molar-refractivity contribution in [3.05, 3.63) is 35.4 Å². The third kappa shape index (κ3) is 3.96. The number of nitrogens with two attached hydrogens (primary N) is 1. The first-order valence-corrected chi connectivity index (χ1v) is 7.50. The molecule has 1 amide bonds. The number of carbonyl (C=O) groups is 1. The maximum Gasteiger partial charge on any atom is 0.226 e. The predicted octanol–water partition coefficient (Wildman–Crippen LogP) is 3.11. The molecule has 1 aromatic rings. The van der Waals surface area contributed by atoms with Crippen molar-refractivity contribution in [3.63, 3.8) is 0 Å². The van der Waals surface area contributed by atoms with Gasteiger partial charge >= 0.3 is 0 Å². The van der Waals surface area contributed by atoms with Gasteiger partial charge in [-0.3, -0.25) is 4.79 Å². The minimum Gasteiger partial charge on any atom is -0.338 e. The third-order valence-electron chi connectivity index (χ3n) is 4.38. The highest BCUT2D eigenvalue weighted by atomic mass is 35.5. The van der Waals surface area contributed by atoms with Crippen LogP contribution in [0.3, 0.4) is 0 Å². The molecule has 0 saturated heterocycles. The van der Waals surface area contributed by atoms with Crippen LogP contribution in [0.1, 0.15) is 31.7 Å². The van der Waals surface area contributed by atoms with Gasteiger partial charge in [-0.25, -0.2) is 8.78 Å². The SMILES string of the molecule is CCN(Cc1c(F)cccc1F)C(=O)[C@@H]1CCC[C@@H]1CN.Cl. The van der Waals surface area contributed by atoms with Crippen molar-refractivity contribution in [1.29, 1.82) is 0 Å². The zero-order valence-electron chi connectivity index (χ0n) is 12.7. The first-order chi connectivity index (χ1) is 10.1. The molecule has 0 aromatic heterocycles. The average Bonchev–Trinajstić information content (AvgIpc) is 2.95. The van der Waals surface area contributed by atoms with Gasteiger partial charge in [0.05, 0.1) is 6.54 Å². The summed E-state index contributed by atoms with van der Waals surface area (Å²) in [5.41, 5.74) is 5.67. The summed E-state index contributed by atoms with van der Waals surface area (Å²) in [6.07, 6.45) is 2.76. The van der Waals surface area contributed by atoms with Gasteiger partial charge in [-0.1, -0.05) is 12.5 Å². The van der Waals surface area contributed by atoms with Gasteiger partial charge < -0.3 is 10.6 Å². The molecule has 1 aliphatic carbocycles. The van der Waals surface area contributed by atoms with Crippen LogP contribution in [-0.2, 0) is 11.3 Å². The Morgan fingerprint density at radius 2 is 1.95 bits per heavy atom. The zero-order chi connectivity index (χ0) is 15.4. The average molecular weight is 333 g/mol. The summed E-state index contributed by atoms with van der Waals surface area (Å²) in [7, 11) is 0. The number of nitrogens with zero attached hydrogens (tertiary/aromatic N) is 1. The van der Waals surface area contributed by atoms with Gasteiger partial charge in [0.2, 0.25) is 5.91 Å². The molecule has 0 bridgehead atoms. The Morgan fingerprint density at radius 3 is 2.50 bits per heavy atom. The molecule has 3 nitrogen and oxygen atoms in total. The molecule has 6 heteroatoms. The van der Waals surface area contributed by atoms with E-state index >= 15 is 0 Å². The standard InChI is InChI=1S/C16H22F2N2O.ClH/c1-2-20(10-13-14(17)7-4-8-15(13)18)16(21)12-6-3-5-11(12)9-19;/h4,7-8,11-12H,2-3,5-6,9-10,19H2,1H3;1H/t11-,12-;/m1./s1. The van der Waals surface area contributed by atoms with Crippen molar-refractivity contribution in [3.8, 4) is 0 Å². The maximum atomic E-state index is 13.7. The maximum absolute atomic E-state index is 13.7. The Hall–Kier alpha value is -1.20. The van der Waals surface area contributed by atoms with E-state index in [0.29, 0.717) is 13.1 Å². The molecule has 1 saturated carbocycles. The smallest absolute Gasteiger partial charge is 0.226 e. The molecule has 0 heterocycles. The van der Waals surface area contributed by atoms with Gasteiger partial charge in [0, 0.05) is 18.0 Å². The summed E-state index contributed by atoms with van der Waals surface area (Å²) in [6, 6.07) is 3.76. The Balaban J connectivity index is 0.00000242. The van der Waals surface area contributed by atoms with Gasteiger partial charge in [-0.05, 0) is 44.4 Å². The lowest BCUT2D eigenvalue weighted by atomic mass is 9.94. The van der Waals surface area contributed by atoms with E-state index in [-0.39, 0.29) is 42.3 Å². The van der Waals surface area contributed by atoms with Crippen molar-refractivity contribution < 1.29 is 13.6 Å². The third-order valence-corrected chi connectivity index (χ3v) is 4.38. The highest BCUT2D eigenvalue weighted by Gasteiger charge is 2.34. The predicted molar refractivity (Wildman–Crippen MR) is 84.6 cm³/mol. The van der Waals surface area contributed by atoms with Crippen LogP contribution in [0.2, 0.25) is 0 Å². The molecule has 124 valence electrons. The fraction of sp³-hybridized carbons (Fsp3) is 0.562. The van der Waals surface area contributed by atoms with Gasteiger partial charge in [0.15, 0.2) is 0 Å². The molecule has 2 atom stereocenters. The number of halogens is 3. The molecule has 1 aliphatic rings. The summed E-state index contributed by atoms with van der Waals surface area (Å²) in [5.74, 6) is -1.17. The second-order valence-electron chi connectivity index (χ2n) is 5.59. The molecule has 0 spiro atoms. The fourth-order valence-electron chi connectivity index (χ4n) is 3.10. The van der Waals surface area contributed by atoms with Crippen molar-refractivity contribution in [1.82, 2.24) is 4.90 Å². The quantitative estimate of drug-likeness (QED) is 0.900. The van der Waals surface area contributed by atoms with E-state index in [0.717, 1.165) is 19.3 Å². The lowest BCUT2D eigenvalue weighted by molar-refractivity contribution is -0.137. The molecule has 0 radical (unpaired) electrons. The first kappa shape index (κ1) is 18.8. The molecule has 1 fully saturated rings. The molecular formula is C16H23ClF2N2O. The van der Waals surface area contributed by atoms with Gasteiger partial charge in [-0.15, -0.1) is 12.4 Å². The highest BCUT2D eigenvalue weighted by Crippen LogP contribution is 2.32. The second-order valence-corrected chi connectivity index (χ2v) is 5.59. The van der Waals surface area contributed by atoms with E-state index in [2.05, 4.69) is 0 Å². The fourth-order valence-corrected chi connectivity index (χ4v) is 3.10. The largest absolute Gasteiger partial charge is 0.338 e. The van der Waals surface area contributed by atoms with Crippen molar-refractivity contribution >= 4 is 18.3 Å². The van der Waals surface area contributed by atoms with Gasteiger partial charge in [0.25, 0.3) is 0 Å². The first-order valence-electron chi connectivity index (χ1n) is 7.50. The molecule has 1 aromatic carbocycles. The van der Waals surface area contributed by atoms with Crippen LogP contribution in [0.25, 0.3) is 0 Å². The Labute approximate surface area is 136 Å². The van der Waals surface area contributed by atoms with Crippen LogP contribution in [-0.4, -0.2) is 23.9 Å². The topological polar surface area (TPSA) is 46.3 Å². The number of carbonyl (C=O) groups excluding carboxylic acids is 1. The molecule has 2 rings (SSSR count). The second kappa shape index (κ2) is 8.44. The Bertz CT molecular complexity index is 493. The number of rotatable bonds is 5. The van der Waals surface area contributed by atoms with E-state index in [1.165, 1.54) is 23.1 Å². The summed E-state index contributed by atoms with van der Waals surface area (Å²) < 4.78 is 27.5. The Kier molecular flexibility index (Phi) is 7.23. The monoisotopic (exact) mass is 332 g/mol. The summed E-state index contributed by atoms with van der Waals surface area (Å²) >= 11 is 0. The molecule has 0 unspecified atom stereocenters. The summed E-state index contributed by atoms with van der Waals surface area (Å²) in [5, 5.41) is 0. The van der Waals surface area contributed by atoms with Crippen molar-refractivity contribution in [2.75, 3.05) is 13.1 Å². The highest BCUT2D eigenvalue weighted by molar-refractivity contribution is 5.85. The summed E-state index contributed by atoms with van der Waals surface area (Å²) in [4.78, 5) is 14.1. The van der Waals surface area contributed by atoms with Crippen LogP contribution in [0.15, 0.2) is 18.2 Å². The van der Waals surface area contributed by atoms with Crippen LogP contribution in [0, 0.1) is 23.5 Å². The minimum absolute atomic E-state index is 0. The van der Waals surface area contributed by atoms with E-state index in [4.69, 9.17) is 5.73 Å². The van der Waals surface area contributed by atoms with Crippen LogP contribution >= 0.6 is 12.4 Å². The zero-order valence-corrected chi connectivity index (χ0v) is 13.5. The number of benzene rings is 1. The van der Waals surface area contributed by atoms with E-state index in [9.17, 15) is 13.6 Å². The number of amides is 1. The lowest BCUT2D eigenvalue weighted by Gasteiger charge is -2.27. The van der Waals surface area contributed by atoms with Crippen LogP contribution < -0.4 is 5.73 Å². The van der Waals surface area contributed by atoms with E-state index in [1.807, 2.05) is 6.92 Å². The van der Waals surface area contributed by atoms with Gasteiger partial charge in [0.1, 0.15) is 11.6 Å². The van der Waals surface area contributed by atoms with Crippen molar-refractivity contribution in [2.45, 2.75) is 32.7 Å². The molecule has 22 heavy (non-hydrogen) atoms. The normalized spacial score (nSPS) is 20.5. The van der Waals surface area contributed by atoms with Crippen molar-refractivity contribution in [2.24, 2.45) is 17.6 Å². The Morgan fingerprint density at radius 1 is 1.32 bits per heavy atom. The number of hydrogen-bond acceptors (Lipinski definition) is 2. The molecule has 2 N–H and O–H groups in total. The minimum atomic E-state index is -0.608. The molecule has 0 aliphatic heterocycles. The lowest BCUT2D eigenvalue weighted by Crippen LogP contribution is -2.39. The van der Waals surface area contributed by atoms with E-state index in [1.54, 1.807) is 0 Å². The van der Waals surface area contributed by atoms with Crippen LogP contribution in [0.4, 0.5) is 8.78 Å². The summed E-state index contributed by atoms with van der Waals surface area (Å²) in [6.45, 7) is 2.72. The van der Waals surface area contributed by atoms with Crippen LogP contribution in [0.5, 0.6) is 0 Å². The number of hydrogen-bond donors (Lipinski definition) is 1.